The Labute approximate surface area is 70.7 Å². The van der Waals surface area contributed by atoms with E-state index < -0.39 is 0 Å². The third-order valence-electron chi connectivity index (χ3n) is 2.86. The van der Waals surface area contributed by atoms with E-state index in [0.717, 1.165) is 5.92 Å². The van der Waals surface area contributed by atoms with Crippen LogP contribution >= 0.6 is 0 Å². The van der Waals surface area contributed by atoms with Crippen molar-refractivity contribution in [2.24, 2.45) is 5.92 Å². The van der Waals surface area contributed by atoms with Gasteiger partial charge in [0.05, 0.1) is 0 Å². The Kier molecular flexibility index (Phi) is 3.16. The van der Waals surface area contributed by atoms with Gasteiger partial charge >= 0.3 is 0 Å². The van der Waals surface area contributed by atoms with Crippen molar-refractivity contribution in [2.45, 2.75) is 52.9 Å². The highest BCUT2D eigenvalue weighted by atomic mass is 14.2. The van der Waals surface area contributed by atoms with Gasteiger partial charge in [0.25, 0.3) is 0 Å². The molecule has 0 radical (unpaired) electrons. The van der Waals surface area contributed by atoms with Crippen LogP contribution in [0.2, 0.25) is 0 Å². The van der Waals surface area contributed by atoms with Gasteiger partial charge in [0.15, 0.2) is 0 Å². The lowest BCUT2D eigenvalue weighted by Crippen LogP contribution is -1.91. The second-order valence-corrected chi connectivity index (χ2v) is 3.67. The van der Waals surface area contributed by atoms with Crippen LogP contribution in [-0.4, -0.2) is 0 Å². The summed E-state index contributed by atoms with van der Waals surface area (Å²) >= 11 is 0. The highest BCUT2D eigenvalue weighted by Crippen LogP contribution is 2.35. The van der Waals surface area contributed by atoms with Gasteiger partial charge in [-0.3, -0.25) is 0 Å². The smallest absolute Gasteiger partial charge is 0.0226 e. The van der Waals surface area contributed by atoms with Gasteiger partial charge in [-0.25, -0.2) is 0 Å². The molecule has 0 amide bonds. The second kappa shape index (κ2) is 3.94. The van der Waals surface area contributed by atoms with Gasteiger partial charge < -0.3 is 0 Å². The molecular formula is C11H20. The summed E-state index contributed by atoms with van der Waals surface area (Å²) in [5.74, 6) is 0.890. The van der Waals surface area contributed by atoms with Crippen molar-refractivity contribution in [1.82, 2.24) is 0 Å². The van der Waals surface area contributed by atoms with Crippen molar-refractivity contribution in [3.63, 3.8) is 0 Å². The third kappa shape index (κ3) is 1.85. The minimum Gasteiger partial charge on any atom is -0.0707 e. The summed E-state index contributed by atoms with van der Waals surface area (Å²) in [5, 5.41) is 0. The number of hydrogen-bond acceptors (Lipinski definition) is 0. The zero-order chi connectivity index (χ0) is 8.27. The maximum absolute atomic E-state index is 2.38. The quantitative estimate of drug-likeness (QED) is 0.538. The molecule has 0 aliphatic heterocycles. The average Bonchev–Trinajstić information content (AvgIpc) is 2.33. The van der Waals surface area contributed by atoms with Crippen molar-refractivity contribution < 1.29 is 0 Å². The second-order valence-electron chi connectivity index (χ2n) is 3.67. The molecule has 0 spiro atoms. The van der Waals surface area contributed by atoms with Crippen LogP contribution in [0.25, 0.3) is 0 Å². The van der Waals surface area contributed by atoms with Crippen LogP contribution in [0.4, 0.5) is 0 Å². The zero-order valence-corrected chi connectivity index (χ0v) is 8.11. The Morgan fingerprint density at radius 3 is 2.64 bits per heavy atom. The predicted octanol–water partition coefficient (Wildman–Crippen LogP) is 3.92. The van der Waals surface area contributed by atoms with E-state index in [0.29, 0.717) is 0 Å². The molecule has 0 nitrogen and oxygen atoms in total. The van der Waals surface area contributed by atoms with Crippen LogP contribution in [0.15, 0.2) is 11.1 Å². The minimum absolute atomic E-state index is 0.890. The van der Waals surface area contributed by atoms with E-state index in [2.05, 4.69) is 20.8 Å². The van der Waals surface area contributed by atoms with E-state index in [1.807, 2.05) is 0 Å². The summed E-state index contributed by atoms with van der Waals surface area (Å²) < 4.78 is 0. The molecule has 0 N–H and O–H groups in total. The number of hydrogen-bond donors (Lipinski definition) is 0. The summed E-state index contributed by atoms with van der Waals surface area (Å²) in [6.45, 7) is 6.96. The fourth-order valence-corrected chi connectivity index (χ4v) is 2.26. The Bertz CT molecular complexity index is 153. The summed E-state index contributed by atoms with van der Waals surface area (Å²) in [6, 6.07) is 0. The molecule has 64 valence electrons. The normalized spacial score (nSPS) is 24.8. The maximum atomic E-state index is 2.38. The number of rotatable bonds is 3. The lowest BCUT2D eigenvalue weighted by molar-refractivity contribution is 0.651. The van der Waals surface area contributed by atoms with Gasteiger partial charge in [-0.2, -0.15) is 0 Å². The van der Waals surface area contributed by atoms with E-state index in [1.165, 1.54) is 32.1 Å². The standard InChI is InChI=1S/C11H20/c1-4-6-10-8-7-9(3)11(10)5-2/h9H,4-8H2,1-3H3. The molecule has 1 aliphatic carbocycles. The molecule has 0 aromatic heterocycles. The summed E-state index contributed by atoms with van der Waals surface area (Å²) in [5.41, 5.74) is 3.55. The van der Waals surface area contributed by atoms with E-state index in [4.69, 9.17) is 0 Å². The average molecular weight is 152 g/mol. The van der Waals surface area contributed by atoms with E-state index in [1.54, 1.807) is 11.1 Å². The molecule has 0 saturated heterocycles. The molecular weight excluding hydrogens is 132 g/mol. The Balaban J connectivity index is 2.63. The zero-order valence-electron chi connectivity index (χ0n) is 8.11. The highest BCUT2D eigenvalue weighted by molar-refractivity contribution is 5.21. The fraction of sp³-hybridized carbons (Fsp3) is 0.818. The van der Waals surface area contributed by atoms with Crippen molar-refractivity contribution in [2.75, 3.05) is 0 Å². The molecule has 11 heavy (non-hydrogen) atoms. The maximum Gasteiger partial charge on any atom is -0.0226 e. The van der Waals surface area contributed by atoms with Crippen molar-refractivity contribution in [1.29, 1.82) is 0 Å². The Morgan fingerprint density at radius 2 is 2.09 bits per heavy atom. The van der Waals surface area contributed by atoms with Crippen molar-refractivity contribution in [3.05, 3.63) is 11.1 Å². The van der Waals surface area contributed by atoms with Crippen LogP contribution in [0, 0.1) is 5.92 Å². The van der Waals surface area contributed by atoms with Crippen molar-refractivity contribution >= 4 is 0 Å². The number of allylic oxidation sites excluding steroid dienone is 2. The fourth-order valence-electron chi connectivity index (χ4n) is 2.26. The monoisotopic (exact) mass is 152 g/mol. The van der Waals surface area contributed by atoms with Gasteiger partial charge in [-0.15, -0.1) is 0 Å². The van der Waals surface area contributed by atoms with Crippen LogP contribution in [0.5, 0.6) is 0 Å². The Morgan fingerprint density at radius 1 is 1.36 bits per heavy atom. The SMILES string of the molecule is CCCC1=C(CC)C(C)CC1. The van der Waals surface area contributed by atoms with Crippen molar-refractivity contribution in [3.8, 4) is 0 Å². The summed E-state index contributed by atoms with van der Waals surface area (Å²) in [4.78, 5) is 0. The summed E-state index contributed by atoms with van der Waals surface area (Å²) in [6.07, 6.45) is 6.77. The van der Waals surface area contributed by atoms with Gasteiger partial charge in [-0.1, -0.05) is 38.3 Å². The molecule has 1 aliphatic rings. The largest absolute Gasteiger partial charge is 0.0707 e. The van der Waals surface area contributed by atoms with Crippen LogP contribution in [0.3, 0.4) is 0 Å². The molecule has 0 fully saturated rings. The topological polar surface area (TPSA) is 0 Å². The van der Waals surface area contributed by atoms with Gasteiger partial charge in [0.2, 0.25) is 0 Å². The van der Waals surface area contributed by atoms with E-state index in [-0.39, 0.29) is 0 Å². The molecule has 1 rings (SSSR count). The molecule has 0 aromatic rings. The first-order chi connectivity index (χ1) is 5.29. The van der Waals surface area contributed by atoms with E-state index >= 15 is 0 Å². The lowest BCUT2D eigenvalue weighted by atomic mass is 9.99. The predicted molar refractivity (Wildman–Crippen MR) is 50.6 cm³/mol. The Hall–Kier alpha value is -0.260. The molecule has 1 atom stereocenters. The van der Waals surface area contributed by atoms with E-state index in [9.17, 15) is 0 Å². The van der Waals surface area contributed by atoms with Crippen LogP contribution in [0.1, 0.15) is 52.9 Å². The molecule has 0 saturated carbocycles. The molecule has 1 unspecified atom stereocenters. The van der Waals surface area contributed by atoms with Gasteiger partial charge in [0.1, 0.15) is 0 Å². The van der Waals surface area contributed by atoms with Gasteiger partial charge in [-0.05, 0) is 31.6 Å². The molecule has 0 heterocycles. The first kappa shape index (κ1) is 8.83. The van der Waals surface area contributed by atoms with Crippen LogP contribution < -0.4 is 0 Å². The first-order valence-corrected chi connectivity index (χ1v) is 5.00. The first-order valence-electron chi connectivity index (χ1n) is 5.00. The highest BCUT2D eigenvalue weighted by Gasteiger charge is 2.18. The molecule has 0 bridgehead atoms. The lowest BCUT2D eigenvalue weighted by Gasteiger charge is -2.07. The molecule has 0 aromatic carbocycles. The van der Waals surface area contributed by atoms with Crippen LogP contribution in [-0.2, 0) is 0 Å². The third-order valence-corrected chi connectivity index (χ3v) is 2.86. The molecule has 0 heteroatoms. The minimum atomic E-state index is 0.890. The van der Waals surface area contributed by atoms with Gasteiger partial charge in [0, 0.05) is 0 Å². The summed E-state index contributed by atoms with van der Waals surface area (Å²) in [7, 11) is 0.